The van der Waals surface area contributed by atoms with E-state index >= 15 is 0 Å². The third kappa shape index (κ3) is 3.11. The Morgan fingerprint density at radius 3 is 2.35 bits per heavy atom. The van der Waals surface area contributed by atoms with Crippen molar-refractivity contribution in [3.63, 3.8) is 0 Å². The number of anilines is 1. The number of rotatable bonds is 4. The Morgan fingerprint density at radius 1 is 0.957 bits per heavy atom. The summed E-state index contributed by atoms with van der Waals surface area (Å²) >= 11 is 0. The zero-order valence-electron chi connectivity index (χ0n) is 12.0. The summed E-state index contributed by atoms with van der Waals surface area (Å²) in [6.07, 6.45) is 1.54. The topological polar surface area (TPSA) is 84.2 Å². The molecule has 0 aliphatic heterocycles. The Labute approximate surface area is 132 Å². The van der Waals surface area contributed by atoms with E-state index in [0.717, 1.165) is 0 Å². The van der Waals surface area contributed by atoms with E-state index in [1.54, 1.807) is 48.5 Å². The maximum absolute atomic E-state index is 12.3. The van der Waals surface area contributed by atoms with E-state index in [9.17, 15) is 9.59 Å². The van der Waals surface area contributed by atoms with Crippen LogP contribution in [0.4, 0.5) is 5.69 Å². The number of benzene rings is 2. The maximum atomic E-state index is 12.3. The van der Waals surface area contributed by atoms with Crippen LogP contribution in [0.3, 0.4) is 0 Å². The summed E-state index contributed by atoms with van der Waals surface area (Å²) in [6, 6.07) is 17.3. The van der Waals surface area contributed by atoms with Gasteiger partial charge < -0.3 is 10.4 Å². The minimum Gasteiger partial charge on any atom is -0.476 e. The zero-order chi connectivity index (χ0) is 16.2. The van der Waals surface area contributed by atoms with E-state index < -0.39 is 5.97 Å². The molecule has 6 heteroatoms. The Morgan fingerprint density at radius 2 is 1.65 bits per heavy atom. The van der Waals surface area contributed by atoms with Crippen LogP contribution < -0.4 is 5.32 Å². The van der Waals surface area contributed by atoms with Gasteiger partial charge in [0.25, 0.3) is 5.91 Å². The molecule has 1 heterocycles. The third-order valence-corrected chi connectivity index (χ3v) is 3.24. The van der Waals surface area contributed by atoms with Crippen LogP contribution in [-0.4, -0.2) is 26.8 Å². The molecule has 0 atom stereocenters. The van der Waals surface area contributed by atoms with E-state index in [1.165, 1.54) is 16.9 Å². The summed E-state index contributed by atoms with van der Waals surface area (Å²) in [6.45, 7) is 0. The number of amides is 1. The van der Waals surface area contributed by atoms with Crippen molar-refractivity contribution in [2.24, 2.45) is 0 Å². The molecule has 114 valence electrons. The van der Waals surface area contributed by atoms with Crippen LogP contribution in [0.25, 0.3) is 5.69 Å². The van der Waals surface area contributed by atoms with E-state index in [0.29, 0.717) is 16.9 Å². The molecule has 0 unspecified atom stereocenters. The molecule has 6 nitrogen and oxygen atoms in total. The van der Waals surface area contributed by atoms with Gasteiger partial charge in [-0.1, -0.05) is 30.3 Å². The van der Waals surface area contributed by atoms with Crippen molar-refractivity contribution in [1.29, 1.82) is 0 Å². The van der Waals surface area contributed by atoms with Gasteiger partial charge in [-0.2, -0.15) is 5.10 Å². The normalized spacial score (nSPS) is 10.3. The quantitative estimate of drug-likeness (QED) is 0.776. The number of nitrogens with one attached hydrogen (secondary N) is 1. The molecule has 0 radical (unpaired) electrons. The highest BCUT2D eigenvalue weighted by Crippen LogP contribution is 2.20. The molecule has 3 rings (SSSR count). The van der Waals surface area contributed by atoms with Gasteiger partial charge in [-0.25, -0.2) is 9.48 Å². The number of para-hydroxylation sites is 2. The van der Waals surface area contributed by atoms with Crippen molar-refractivity contribution in [2.75, 3.05) is 5.32 Å². The molecular formula is C17H13N3O3. The Bertz CT molecular complexity index is 856. The van der Waals surface area contributed by atoms with Crippen LogP contribution in [0, 0.1) is 0 Å². The number of hydrogen-bond acceptors (Lipinski definition) is 3. The maximum Gasteiger partial charge on any atom is 0.356 e. The Balaban J connectivity index is 1.91. The molecule has 0 aliphatic carbocycles. The molecular weight excluding hydrogens is 294 g/mol. The predicted molar refractivity (Wildman–Crippen MR) is 84.9 cm³/mol. The fourth-order valence-corrected chi connectivity index (χ4v) is 2.14. The second-order valence-electron chi connectivity index (χ2n) is 4.79. The first-order valence-corrected chi connectivity index (χ1v) is 6.90. The van der Waals surface area contributed by atoms with Crippen molar-refractivity contribution in [3.8, 4) is 5.69 Å². The van der Waals surface area contributed by atoms with Gasteiger partial charge in [-0.05, 0) is 30.3 Å². The van der Waals surface area contributed by atoms with Crippen molar-refractivity contribution in [3.05, 3.63) is 78.1 Å². The molecule has 0 bridgehead atoms. The molecule has 0 aliphatic rings. The monoisotopic (exact) mass is 307 g/mol. The number of carbonyl (C=O) groups excluding carboxylic acids is 1. The van der Waals surface area contributed by atoms with Gasteiger partial charge >= 0.3 is 5.97 Å². The fourth-order valence-electron chi connectivity index (χ4n) is 2.14. The largest absolute Gasteiger partial charge is 0.476 e. The van der Waals surface area contributed by atoms with E-state index in [1.807, 2.05) is 6.07 Å². The first-order chi connectivity index (χ1) is 11.1. The number of aromatic carboxylic acids is 1. The number of carbonyl (C=O) groups is 2. The van der Waals surface area contributed by atoms with Crippen LogP contribution in [0.15, 0.2) is 66.9 Å². The lowest BCUT2D eigenvalue weighted by Gasteiger charge is -2.11. The van der Waals surface area contributed by atoms with Crippen molar-refractivity contribution >= 4 is 17.6 Å². The average Bonchev–Trinajstić information content (AvgIpc) is 3.06. The van der Waals surface area contributed by atoms with Gasteiger partial charge in [-0.15, -0.1) is 0 Å². The molecule has 0 fully saturated rings. The van der Waals surface area contributed by atoms with E-state index in [-0.39, 0.29) is 11.6 Å². The van der Waals surface area contributed by atoms with Crippen LogP contribution in [0.2, 0.25) is 0 Å². The van der Waals surface area contributed by atoms with Crippen molar-refractivity contribution in [2.45, 2.75) is 0 Å². The first-order valence-electron chi connectivity index (χ1n) is 6.90. The Kier molecular flexibility index (Phi) is 3.88. The van der Waals surface area contributed by atoms with Crippen LogP contribution >= 0.6 is 0 Å². The first kappa shape index (κ1) is 14.5. The van der Waals surface area contributed by atoms with Crippen LogP contribution in [0.5, 0.6) is 0 Å². The van der Waals surface area contributed by atoms with Gasteiger partial charge in [-0.3, -0.25) is 4.79 Å². The lowest BCUT2D eigenvalue weighted by molar-refractivity contribution is 0.0689. The number of carboxylic acids is 1. The molecule has 0 saturated heterocycles. The summed E-state index contributed by atoms with van der Waals surface area (Å²) in [7, 11) is 0. The summed E-state index contributed by atoms with van der Waals surface area (Å²) in [4.78, 5) is 23.2. The summed E-state index contributed by atoms with van der Waals surface area (Å²) < 4.78 is 1.42. The molecule has 2 aromatic carbocycles. The van der Waals surface area contributed by atoms with Crippen LogP contribution in [0.1, 0.15) is 20.8 Å². The minimum atomic E-state index is -1.10. The fraction of sp³-hybridized carbons (Fsp3) is 0. The number of hydrogen-bond donors (Lipinski definition) is 2. The molecule has 0 spiro atoms. The molecule has 2 N–H and O–H groups in total. The lowest BCUT2D eigenvalue weighted by Crippen LogP contribution is -2.14. The van der Waals surface area contributed by atoms with Gasteiger partial charge in [0, 0.05) is 11.8 Å². The van der Waals surface area contributed by atoms with Gasteiger partial charge in [0.1, 0.15) is 0 Å². The lowest BCUT2D eigenvalue weighted by atomic mass is 10.2. The Hall–Kier alpha value is -3.41. The standard InChI is InChI=1S/C17H13N3O3/c21-16(12-6-2-1-3-7-12)18-13-8-4-5-9-15(13)20-11-10-14(19-20)17(22)23/h1-11H,(H,18,21)(H,22,23). The van der Waals surface area contributed by atoms with E-state index in [2.05, 4.69) is 10.4 Å². The third-order valence-electron chi connectivity index (χ3n) is 3.24. The second kappa shape index (κ2) is 6.15. The molecule has 23 heavy (non-hydrogen) atoms. The highest BCUT2D eigenvalue weighted by atomic mass is 16.4. The smallest absolute Gasteiger partial charge is 0.356 e. The molecule has 0 saturated carbocycles. The van der Waals surface area contributed by atoms with Gasteiger partial charge in [0.2, 0.25) is 0 Å². The second-order valence-corrected chi connectivity index (χ2v) is 4.79. The molecule has 1 amide bonds. The minimum absolute atomic E-state index is 0.0609. The summed E-state index contributed by atoms with van der Waals surface area (Å²) in [5.41, 5.74) is 1.61. The zero-order valence-corrected chi connectivity index (χ0v) is 12.0. The number of carboxylic acid groups (broad SMARTS) is 1. The van der Waals surface area contributed by atoms with Gasteiger partial charge in [0.05, 0.1) is 11.4 Å². The molecule has 1 aromatic heterocycles. The molecule has 3 aromatic rings. The SMILES string of the molecule is O=C(Nc1ccccc1-n1ccc(C(=O)O)n1)c1ccccc1. The highest BCUT2D eigenvalue weighted by Gasteiger charge is 2.12. The predicted octanol–water partition coefficient (Wildman–Crippen LogP) is 2.82. The number of nitrogens with zero attached hydrogens (tertiary/aromatic N) is 2. The van der Waals surface area contributed by atoms with Crippen molar-refractivity contribution in [1.82, 2.24) is 9.78 Å². The highest BCUT2D eigenvalue weighted by molar-refractivity contribution is 6.05. The summed E-state index contributed by atoms with van der Waals surface area (Å²) in [5, 5.41) is 15.8. The number of aromatic nitrogens is 2. The van der Waals surface area contributed by atoms with Gasteiger partial charge in [0.15, 0.2) is 5.69 Å². The summed E-state index contributed by atoms with van der Waals surface area (Å²) in [5.74, 6) is -1.35. The van der Waals surface area contributed by atoms with Crippen LogP contribution in [-0.2, 0) is 0 Å². The van der Waals surface area contributed by atoms with E-state index in [4.69, 9.17) is 5.11 Å². The average molecular weight is 307 g/mol. The van der Waals surface area contributed by atoms with Crippen molar-refractivity contribution < 1.29 is 14.7 Å².